The summed E-state index contributed by atoms with van der Waals surface area (Å²) in [4.78, 5) is 23.5. The SMILES string of the molecule is CC(C)(C)CC(=O)NCC(=O)Nc1nnc(-c2ccsc2)s1. The first kappa shape index (κ1) is 16.6. The third kappa shape index (κ3) is 5.19. The fraction of sp³-hybridized carbons (Fsp3) is 0.429. The molecule has 0 aliphatic rings. The van der Waals surface area contributed by atoms with Gasteiger partial charge in [-0.15, -0.1) is 10.2 Å². The van der Waals surface area contributed by atoms with Crippen LogP contribution in [-0.2, 0) is 9.59 Å². The molecular formula is C14H18N4O2S2. The average Bonchev–Trinajstić information content (AvgIpc) is 3.04. The number of amides is 2. The minimum Gasteiger partial charge on any atom is -0.347 e. The maximum atomic E-state index is 11.8. The topological polar surface area (TPSA) is 84.0 Å². The Morgan fingerprint density at radius 2 is 2.00 bits per heavy atom. The zero-order valence-corrected chi connectivity index (χ0v) is 14.3. The second-order valence-corrected chi connectivity index (χ2v) is 7.74. The van der Waals surface area contributed by atoms with E-state index in [-0.39, 0.29) is 23.8 Å². The molecule has 0 aromatic carbocycles. The number of aromatic nitrogens is 2. The molecule has 6 nitrogen and oxygen atoms in total. The number of hydrogen-bond donors (Lipinski definition) is 2. The molecule has 0 unspecified atom stereocenters. The second kappa shape index (κ2) is 6.97. The molecule has 8 heteroatoms. The number of anilines is 1. The van der Waals surface area contributed by atoms with Gasteiger partial charge < -0.3 is 5.32 Å². The van der Waals surface area contributed by atoms with Crippen LogP contribution in [0.5, 0.6) is 0 Å². The Hall–Kier alpha value is -1.80. The fourth-order valence-electron chi connectivity index (χ4n) is 1.66. The first-order valence-corrected chi connectivity index (χ1v) is 8.52. The summed E-state index contributed by atoms with van der Waals surface area (Å²) >= 11 is 2.88. The summed E-state index contributed by atoms with van der Waals surface area (Å²) < 4.78 is 0. The van der Waals surface area contributed by atoms with E-state index in [1.54, 1.807) is 11.3 Å². The number of carbonyl (C=O) groups excluding carboxylic acids is 2. The van der Waals surface area contributed by atoms with Crippen molar-refractivity contribution in [2.24, 2.45) is 5.41 Å². The van der Waals surface area contributed by atoms with E-state index in [2.05, 4.69) is 20.8 Å². The zero-order valence-electron chi connectivity index (χ0n) is 12.7. The van der Waals surface area contributed by atoms with Gasteiger partial charge in [-0.1, -0.05) is 32.1 Å². The van der Waals surface area contributed by atoms with E-state index in [0.29, 0.717) is 11.6 Å². The Balaban J connectivity index is 1.81. The summed E-state index contributed by atoms with van der Waals surface area (Å²) in [6.45, 7) is 5.85. The van der Waals surface area contributed by atoms with Crippen molar-refractivity contribution in [1.29, 1.82) is 0 Å². The van der Waals surface area contributed by atoms with Gasteiger partial charge in [0.25, 0.3) is 0 Å². The van der Waals surface area contributed by atoms with Gasteiger partial charge in [-0.25, -0.2) is 0 Å². The maximum absolute atomic E-state index is 11.8. The van der Waals surface area contributed by atoms with Crippen LogP contribution in [0, 0.1) is 5.41 Å². The summed E-state index contributed by atoms with van der Waals surface area (Å²) in [7, 11) is 0. The monoisotopic (exact) mass is 338 g/mol. The summed E-state index contributed by atoms with van der Waals surface area (Å²) in [5, 5.41) is 18.3. The lowest BCUT2D eigenvalue weighted by Gasteiger charge is -2.16. The normalized spacial score (nSPS) is 11.2. The van der Waals surface area contributed by atoms with E-state index in [4.69, 9.17) is 0 Å². The van der Waals surface area contributed by atoms with E-state index in [1.165, 1.54) is 11.3 Å². The quantitative estimate of drug-likeness (QED) is 0.878. The molecule has 118 valence electrons. The van der Waals surface area contributed by atoms with Gasteiger partial charge in [0.1, 0.15) is 5.01 Å². The molecule has 2 rings (SSSR count). The van der Waals surface area contributed by atoms with Crippen LogP contribution < -0.4 is 10.6 Å². The Labute approximate surface area is 137 Å². The molecule has 0 aliphatic heterocycles. The molecule has 22 heavy (non-hydrogen) atoms. The molecule has 0 fully saturated rings. The van der Waals surface area contributed by atoms with Gasteiger partial charge in [0.2, 0.25) is 16.9 Å². The van der Waals surface area contributed by atoms with Gasteiger partial charge in [0, 0.05) is 17.4 Å². The minimum absolute atomic E-state index is 0.0672. The van der Waals surface area contributed by atoms with Gasteiger partial charge in [-0.2, -0.15) is 11.3 Å². The van der Waals surface area contributed by atoms with E-state index in [9.17, 15) is 9.59 Å². The lowest BCUT2D eigenvalue weighted by molar-refractivity contribution is -0.125. The van der Waals surface area contributed by atoms with Crippen LogP contribution >= 0.6 is 22.7 Å². The van der Waals surface area contributed by atoms with Crippen LogP contribution in [0.25, 0.3) is 10.6 Å². The van der Waals surface area contributed by atoms with Gasteiger partial charge in [-0.3, -0.25) is 14.9 Å². The van der Waals surface area contributed by atoms with Crippen molar-refractivity contribution in [3.8, 4) is 10.6 Å². The van der Waals surface area contributed by atoms with Crippen LogP contribution in [0.3, 0.4) is 0 Å². The molecular weight excluding hydrogens is 320 g/mol. The smallest absolute Gasteiger partial charge is 0.245 e. The third-order valence-electron chi connectivity index (χ3n) is 2.58. The average molecular weight is 338 g/mol. The van der Waals surface area contributed by atoms with Crippen LogP contribution in [0.1, 0.15) is 27.2 Å². The lowest BCUT2D eigenvalue weighted by Crippen LogP contribution is -2.34. The predicted octanol–water partition coefficient (Wildman–Crippen LogP) is 2.76. The number of carbonyl (C=O) groups is 2. The highest BCUT2D eigenvalue weighted by molar-refractivity contribution is 7.19. The van der Waals surface area contributed by atoms with Crippen molar-refractivity contribution in [2.75, 3.05) is 11.9 Å². The van der Waals surface area contributed by atoms with Crippen LogP contribution in [-0.4, -0.2) is 28.6 Å². The Kier molecular flexibility index (Phi) is 5.25. The molecule has 0 bridgehead atoms. The lowest BCUT2D eigenvalue weighted by atomic mass is 9.92. The first-order valence-electron chi connectivity index (χ1n) is 6.76. The fourth-order valence-corrected chi connectivity index (χ4v) is 3.13. The minimum atomic E-state index is -0.310. The molecule has 0 atom stereocenters. The van der Waals surface area contributed by atoms with E-state index >= 15 is 0 Å². The standard InChI is InChI=1S/C14H18N4O2S2/c1-14(2,3)6-10(19)15-7-11(20)16-13-18-17-12(22-13)9-4-5-21-8-9/h4-5,8H,6-7H2,1-3H3,(H,15,19)(H,16,18,20). The van der Waals surface area contributed by atoms with Gasteiger partial charge in [0.05, 0.1) is 6.54 Å². The molecule has 0 radical (unpaired) electrons. The van der Waals surface area contributed by atoms with Gasteiger partial charge >= 0.3 is 0 Å². The summed E-state index contributed by atoms with van der Waals surface area (Å²) in [5.41, 5.74) is 0.886. The zero-order chi connectivity index (χ0) is 16.2. The van der Waals surface area contributed by atoms with E-state index in [1.807, 2.05) is 37.6 Å². The molecule has 0 saturated carbocycles. The van der Waals surface area contributed by atoms with E-state index in [0.717, 1.165) is 10.6 Å². The molecule has 2 heterocycles. The third-order valence-corrected chi connectivity index (χ3v) is 4.15. The molecule has 2 aromatic rings. The Morgan fingerprint density at radius 1 is 1.23 bits per heavy atom. The Morgan fingerprint density at radius 3 is 2.64 bits per heavy atom. The summed E-state index contributed by atoms with van der Waals surface area (Å²) in [5.74, 6) is -0.450. The highest BCUT2D eigenvalue weighted by Crippen LogP contribution is 2.27. The summed E-state index contributed by atoms with van der Waals surface area (Å²) in [6.07, 6.45) is 0.376. The molecule has 0 saturated heterocycles. The van der Waals surface area contributed by atoms with Crippen molar-refractivity contribution in [3.05, 3.63) is 16.8 Å². The van der Waals surface area contributed by atoms with Crippen LogP contribution in [0.15, 0.2) is 16.8 Å². The number of hydrogen-bond acceptors (Lipinski definition) is 6. The predicted molar refractivity (Wildman–Crippen MR) is 88.9 cm³/mol. The molecule has 0 spiro atoms. The largest absolute Gasteiger partial charge is 0.347 e. The van der Waals surface area contributed by atoms with E-state index < -0.39 is 0 Å². The number of rotatable bonds is 5. The number of thiophene rings is 1. The molecule has 2 N–H and O–H groups in total. The Bertz CT molecular complexity index is 644. The van der Waals surface area contributed by atoms with Crippen molar-refractivity contribution < 1.29 is 9.59 Å². The molecule has 0 aliphatic carbocycles. The van der Waals surface area contributed by atoms with Crippen molar-refractivity contribution in [3.63, 3.8) is 0 Å². The van der Waals surface area contributed by atoms with Crippen molar-refractivity contribution in [2.45, 2.75) is 27.2 Å². The van der Waals surface area contributed by atoms with Gasteiger partial charge in [0.15, 0.2) is 0 Å². The molecule has 2 amide bonds. The van der Waals surface area contributed by atoms with Gasteiger partial charge in [-0.05, 0) is 16.9 Å². The van der Waals surface area contributed by atoms with Crippen LogP contribution in [0.4, 0.5) is 5.13 Å². The number of nitrogens with one attached hydrogen (secondary N) is 2. The highest BCUT2D eigenvalue weighted by atomic mass is 32.1. The van der Waals surface area contributed by atoms with Crippen molar-refractivity contribution in [1.82, 2.24) is 15.5 Å². The summed E-state index contributed by atoms with van der Waals surface area (Å²) in [6, 6.07) is 1.95. The van der Waals surface area contributed by atoms with Crippen molar-refractivity contribution >= 4 is 39.6 Å². The maximum Gasteiger partial charge on any atom is 0.245 e. The molecule has 2 aromatic heterocycles. The highest BCUT2D eigenvalue weighted by Gasteiger charge is 2.16. The number of nitrogens with zero attached hydrogens (tertiary/aromatic N) is 2. The first-order chi connectivity index (χ1) is 10.3. The second-order valence-electron chi connectivity index (χ2n) is 5.99. The van der Waals surface area contributed by atoms with Crippen LogP contribution in [0.2, 0.25) is 0 Å².